The molecule has 1 aromatic rings. The summed E-state index contributed by atoms with van der Waals surface area (Å²) in [4.78, 5) is 29.7. The molecule has 0 saturated carbocycles. The number of carbonyl (C=O) groups excluding carboxylic acids is 2. The van der Waals surface area contributed by atoms with E-state index >= 15 is 0 Å². The first-order valence-electron chi connectivity index (χ1n) is 9.62. The summed E-state index contributed by atoms with van der Waals surface area (Å²) in [6.45, 7) is 4.01. The number of carbonyl (C=O) groups is 2. The summed E-state index contributed by atoms with van der Waals surface area (Å²) in [6, 6.07) is 7.29. The molecular weight excluding hydrogens is 410 g/mol. The van der Waals surface area contributed by atoms with E-state index < -0.39 is 16.3 Å². The molecule has 0 aromatic heterocycles. The van der Waals surface area contributed by atoms with Crippen molar-refractivity contribution in [3.05, 3.63) is 23.8 Å². The van der Waals surface area contributed by atoms with Gasteiger partial charge in [-0.15, -0.1) is 0 Å². The molecule has 5 heterocycles. The Labute approximate surface area is 177 Å². The summed E-state index contributed by atoms with van der Waals surface area (Å²) in [5.74, 6) is 1.11. The van der Waals surface area contributed by atoms with Crippen molar-refractivity contribution in [3.63, 3.8) is 0 Å². The molecule has 1 aromatic carbocycles. The van der Waals surface area contributed by atoms with Gasteiger partial charge >= 0.3 is 0 Å². The van der Waals surface area contributed by atoms with Gasteiger partial charge in [0.15, 0.2) is 16.4 Å². The largest absolute Gasteiger partial charge is 0.454 e. The highest BCUT2D eigenvalue weighted by Crippen LogP contribution is 2.66. The Morgan fingerprint density at radius 1 is 1.31 bits per heavy atom. The number of hydrogen-bond donors (Lipinski definition) is 0. The fourth-order valence-electron chi connectivity index (χ4n) is 5.12. The number of nitrogens with zero attached hydrogens (tertiary/aromatic N) is 3. The lowest BCUT2D eigenvalue weighted by Crippen LogP contribution is -2.55. The molecule has 1 spiro atoms. The first kappa shape index (κ1) is 18.9. The third-order valence-corrected chi connectivity index (χ3v) is 9.86. The maximum atomic E-state index is 13.7. The molecule has 0 N–H and O–H groups in total. The fourth-order valence-corrected chi connectivity index (χ4v) is 8.98. The molecule has 9 heteroatoms. The van der Waals surface area contributed by atoms with Crippen LogP contribution in [0.2, 0.25) is 0 Å². The fraction of sp³-hybridized carbons (Fsp3) is 0.550. The van der Waals surface area contributed by atoms with E-state index in [1.165, 1.54) is 21.6 Å². The van der Waals surface area contributed by atoms with Crippen LogP contribution >= 0.6 is 21.6 Å². The number of hydrogen-bond acceptors (Lipinski definition) is 7. The van der Waals surface area contributed by atoms with Crippen LogP contribution in [0.25, 0.3) is 0 Å². The highest BCUT2D eigenvalue weighted by atomic mass is 33.1. The molecule has 152 valence electrons. The van der Waals surface area contributed by atoms with Crippen LogP contribution < -0.4 is 9.47 Å². The van der Waals surface area contributed by atoms with Gasteiger partial charge in [-0.2, -0.15) is 5.26 Å². The van der Waals surface area contributed by atoms with Gasteiger partial charge in [0, 0.05) is 13.5 Å². The van der Waals surface area contributed by atoms with Crippen molar-refractivity contribution in [2.75, 3.05) is 13.8 Å². The first-order chi connectivity index (χ1) is 13.9. The van der Waals surface area contributed by atoms with Crippen LogP contribution in [0.15, 0.2) is 18.2 Å². The Hall–Kier alpha value is -2.05. The molecule has 5 aliphatic rings. The lowest BCUT2D eigenvalue weighted by Gasteiger charge is -2.42. The summed E-state index contributed by atoms with van der Waals surface area (Å²) in [7, 11) is 4.72. The number of benzene rings is 1. The molecule has 4 unspecified atom stereocenters. The van der Waals surface area contributed by atoms with E-state index in [9.17, 15) is 14.9 Å². The Balaban J connectivity index is 1.69. The van der Waals surface area contributed by atoms with Crippen molar-refractivity contribution < 1.29 is 19.1 Å². The van der Waals surface area contributed by atoms with Crippen molar-refractivity contribution in [1.82, 2.24) is 9.80 Å². The molecule has 2 amide bonds. The summed E-state index contributed by atoms with van der Waals surface area (Å²) in [6.07, 6.45) is 1.01. The predicted octanol–water partition coefficient (Wildman–Crippen LogP) is 2.93. The van der Waals surface area contributed by atoms with Crippen LogP contribution in [0.3, 0.4) is 0 Å². The van der Waals surface area contributed by atoms with Gasteiger partial charge in [-0.25, -0.2) is 0 Å². The van der Waals surface area contributed by atoms with E-state index in [1.54, 1.807) is 16.8 Å². The van der Waals surface area contributed by atoms with Crippen LogP contribution in [-0.4, -0.2) is 51.6 Å². The molecule has 4 saturated heterocycles. The van der Waals surface area contributed by atoms with Crippen molar-refractivity contribution in [2.24, 2.45) is 5.41 Å². The van der Waals surface area contributed by atoms with Gasteiger partial charge in [0.05, 0.1) is 23.6 Å². The molecule has 5 aliphatic heterocycles. The molecule has 29 heavy (non-hydrogen) atoms. The smallest absolute Gasteiger partial charge is 0.260 e. The molecule has 0 aliphatic carbocycles. The third-order valence-electron chi connectivity index (χ3n) is 6.52. The Morgan fingerprint density at radius 3 is 2.79 bits per heavy atom. The minimum absolute atomic E-state index is 0.0556. The Bertz CT molecular complexity index is 966. The lowest BCUT2D eigenvalue weighted by atomic mass is 9.79. The average Bonchev–Trinajstić information content (AvgIpc) is 3.26. The summed E-state index contributed by atoms with van der Waals surface area (Å²) in [5, 5.41) is 9.80. The van der Waals surface area contributed by atoms with Crippen molar-refractivity contribution in [2.45, 2.75) is 48.9 Å². The Kier molecular flexibility index (Phi) is 4.07. The molecule has 5 atom stereocenters. The van der Waals surface area contributed by atoms with Crippen LogP contribution in [0.1, 0.15) is 38.3 Å². The highest BCUT2D eigenvalue weighted by molar-refractivity contribution is 8.77. The zero-order valence-corrected chi connectivity index (χ0v) is 18.0. The topological polar surface area (TPSA) is 82.9 Å². The van der Waals surface area contributed by atoms with E-state index in [0.717, 1.165) is 5.56 Å². The third kappa shape index (κ3) is 2.33. The molecule has 4 fully saturated rings. The highest BCUT2D eigenvalue weighted by Gasteiger charge is 2.70. The average molecular weight is 432 g/mol. The molecule has 7 nitrogen and oxygen atoms in total. The SMILES string of the molecule is CCC1C2SSC3(C[C@](C)(C#N)C(c4ccc5c(c4)OCO5)N3C2=O)C(=O)N1C. The Morgan fingerprint density at radius 2 is 2.07 bits per heavy atom. The zero-order valence-electron chi connectivity index (χ0n) is 16.4. The van der Waals surface area contributed by atoms with E-state index in [1.807, 2.05) is 32.0 Å². The van der Waals surface area contributed by atoms with Gasteiger partial charge in [-0.1, -0.05) is 34.6 Å². The van der Waals surface area contributed by atoms with Crippen LogP contribution in [-0.2, 0) is 9.59 Å². The minimum Gasteiger partial charge on any atom is -0.454 e. The number of amides is 2. The lowest BCUT2D eigenvalue weighted by molar-refractivity contribution is -0.142. The van der Waals surface area contributed by atoms with Crippen molar-refractivity contribution in [3.8, 4) is 17.6 Å². The normalized spacial score (nSPS) is 37.5. The van der Waals surface area contributed by atoms with Gasteiger partial charge in [0.25, 0.3) is 5.91 Å². The second-order valence-electron chi connectivity index (χ2n) is 8.21. The van der Waals surface area contributed by atoms with Gasteiger partial charge < -0.3 is 19.3 Å². The van der Waals surface area contributed by atoms with Crippen molar-refractivity contribution >= 4 is 33.4 Å². The number of rotatable bonds is 2. The quantitative estimate of drug-likeness (QED) is 0.666. The monoisotopic (exact) mass is 431 g/mol. The maximum Gasteiger partial charge on any atom is 0.260 e. The van der Waals surface area contributed by atoms with Gasteiger partial charge in [0.2, 0.25) is 12.7 Å². The predicted molar refractivity (Wildman–Crippen MR) is 109 cm³/mol. The second kappa shape index (κ2) is 6.22. The van der Waals surface area contributed by atoms with Gasteiger partial charge in [0.1, 0.15) is 5.25 Å². The van der Waals surface area contributed by atoms with Crippen LogP contribution in [0.4, 0.5) is 0 Å². The molecule has 0 radical (unpaired) electrons. The number of nitriles is 1. The summed E-state index contributed by atoms with van der Waals surface area (Å²) >= 11 is 0. The maximum absolute atomic E-state index is 13.7. The van der Waals surface area contributed by atoms with Crippen LogP contribution in [0.5, 0.6) is 11.5 Å². The summed E-state index contributed by atoms with van der Waals surface area (Å²) in [5.41, 5.74) is -0.105. The summed E-state index contributed by atoms with van der Waals surface area (Å²) < 4.78 is 10.9. The minimum atomic E-state index is -1.07. The van der Waals surface area contributed by atoms with E-state index in [0.29, 0.717) is 24.3 Å². The molecular formula is C20H21N3O4S2. The van der Waals surface area contributed by atoms with E-state index in [4.69, 9.17) is 9.47 Å². The van der Waals surface area contributed by atoms with E-state index in [2.05, 4.69) is 6.07 Å². The van der Waals surface area contributed by atoms with Gasteiger partial charge in [-0.3, -0.25) is 9.59 Å². The molecule has 6 rings (SSSR count). The molecule has 2 bridgehead atoms. The number of likely N-dealkylation sites (N-methyl/N-ethyl adjacent to an activating group) is 1. The zero-order chi connectivity index (χ0) is 20.6. The van der Waals surface area contributed by atoms with E-state index in [-0.39, 0.29) is 29.9 Å². The second-order valence-corrected chi connectivity index (χ2v) is 10.8. The van der Waals surface area contributed by atoms with Crippen molar-refractivity contribution in [1.29, 1.82) is 5.26 Å². The van der Waals surface area contributed by atoms with Crippen LogP contribution in [0, 0.1) is 16.7 Å². The number of ether oxygens (including phenoxy) is 2. The number of fused-ring (bicyclic) bond motifs is 4. The standard InChI is InChI=1S/C20H21N3O4S2/c1-4-12-15-17(24)23-16(11-5-6-13-14(7-11)27-10-26-13)19(2,9-21)8-20(23,29-28-15)18(25)22(12)3/h5-7,12,15-16H,4,8,10H2,1-3H3/t12?,15?,16?,19-,20?/m1/s1. The first-order valence-corrected chi connectivity index (χ1v) is 11.8. The van der Waals surface area contributed by atoms with Gasteiger partial charge in [-0.05, 0) is 31.0 Å².